The average molecular weight is 343 g/mol. The molecule has 0 unspecified atom stereocenters. The Kier molecular flexibility index (Phi) is 4.77. The maximum atomic E-state index is 12.2. The molecule has 3 aromatic rings. The summed E-state index contributed by atoms with van der Waals surface area (Å²) in [5, 5.41) is 6.39. The number of rotatable bonds is 5. The van der Waals surface area contributed by atoms with Crippen LogP contribution < -0.4 is 10.6 Å². The Bertz CT molecular complexity index is 832. The topological polar surface area (TPSA) is 80.0 Å². The minimum absolute atomic E-state index is 0.218. The van der Waals surface area contributed by atoms with Crippen LogP contribution in [-0.4, -0.2) is 15.9 Å². The molecule has 24 heavy (non-hydrogen) atoms. The quantitative estimate of drug-likeness (QED) is 0.735. The lowest BCUT2D eigenvalue weighted by Crippen LogP contribution is -2.14. The first-order chi connectivity index (χ1) is 11.6. The van der Waals surface area contributed by atoms with Crippen molar-refractivity contribution >= 4 is 29.0 Å². The number of anilines is 2. The highest BCUT2D eigenvalue weighted by atomic mass is 35.5. The summed E-state index contributed by atoms with van der Waals surface area (Å²) >= 11 is 6.05. The van der Waals surface area contributed by atoms with Crippen molar-refractivity contribution in [2.45, 2.75) is 13.5 Å². The molecule has 7 heteroatoms. The molecule has 0 aliphatic rings. The van der Waals surface area contributed by atoms with E-state index in [4.69, 9.17) is 16.0 Å². The third-order valence-electron chi connectivity index (χ3n) is 3.34. The van der Waals surface area contributed by atoms with Crippen LogP contribution in [0.2, 0.25) is 5.02 Å². The Morgan fingerprint density at radius 3 is 2.79 bits per heavy atom. The van der Waals surface area contributed by atoms with E-state index in [1.165, 1.54) is 12.4 Å². The number of nitrogens with one attached hydrogen (secondary N) is 2. The van der Waals surface area contributed by atoms with E-state index in [1.54, 1.807) is 18.4 Å². The van der Waals surface area contributed by atoms with Crippen LogP contribution in [0, 0.1) is 6.92 Å². The lowest BCUT2D eigenvalue weighted by atomic mass is 10.2. The number of carbonyl (C=O) groups is 1. The third-order valence-corrected chi connectivity index (χ3v) is 3.75. The first kappa shape index (κ1) is 16.0. The highest BCUT2D eigenvalue weighted by Crippen LogP contribution is 2.20. The van der Waals surface area contributed by atoms with Gasteiger partial charge in [-0.3, -0.25) is 4.79 Å². The summed E-state index contributed by atoms with van der Waals surface area (Å²) in [4.78, 5) is 20.5. The van der Waals surface area contributed by atoms with Crippen molar-refractivity contribution in [1.82, 2.24) is 9.97 Å². The van der Waals surface area contributed by atoms with E-state index < -0.39 is 0 Å². The van der Waals surface area contributed by atoms with Gasteiger partial charge >= 0.3 is 0 Å². The molecule has 0 fully saturated rings. The van der Waals surface area contributed by atoms with Gasteiger partial charge in [-0.05, 0) is 36.8 Å². The molecule has 6 nitrogen and oxygen atoms in total. The number of aryl methyl sites for hydroxylation is 1. The van der Waals surface area contributed by atoms with Crippen LogP contribution in [0.25, 0.3) is 0 Å². The lowest BCUT2D eigenvalue weighted by Gasteiger charge is -2.07. The Hall–Kier alpha value is -2.86. The van der Waals surface area contributed by atoms with Gasteiger partial charge < -0.3 is 15.1 Å². The number of hydrogen-bond donors (Lipinski definition) is 2. The van der Waals surface area contributed by atoms with Crippen LogP contribution in [0.3, 0.4) is 0 Å². The minimum Gasteiger partial charge on any atom is -0.467 e. The van der Waals surface area contributed by atoms with Crippen LogP contribution in [-0.2, 0) is 6.54 Å². The molecule has 1 amide bonds. The van der Waals surface area contributed by atoms with Gasteiger partial charge in [-0.25, -0.2) is 9.97 Å². The number of hydrogen-bond acceptors (Lipinski definition) is 5. The first-order valence-corrected chi connectivity index (χ1v) is 7.65. The summed E-state index contributed by atoms with van der Waals surface area (Å²) in [5.41, 5.74) is 1.77. The van der Waals surface area contributed by atoms with Crippen molar-refractivity contribution in [3.63, 3.8) is 0 Å². The van der Waals surface area contributed by atoms with E-state index in [-0.39, 0.29) is 11.6 Å². The fourth-order valence-electron chi connectivity index (χ4n) is 1.99. The Morgan fingerprint density at radius 2 is 2.12 bits per heavy atom. The first-order valence-electron chi connectivity index (χ1n) is 7.27. The van der Waals surface area contributed by atoms with Crippen molar-refractivity contribution in [1.29, 1.82) is 0 Å². The van der Waals surface area contributed by atoms with E-state index in [9.17, 15) is 4.79 Å². The monoisotopic (exact) mass is 342 g/mol. The molecule has 2 heterocycles. The maximum Gasteiger partial charge on any atom is 0.275 e. The van der Waals surface area contributed by atoms with E-state index in [1.807, 2.05) is 25.1 Å². The van der Waals surface area contributed by atoms with Gasteiger partial charge in [-0.1, -0.05) is 17.7 Å². The largest absolute Gasteiger partial charge is 0.467 e. The highest BCUT2D eigenvalue weighted by Gasteiger charge is 2.09. The molecule has 0 bridgehead atoms. The van der Waals surface area contributed by atoms with Crippen LogP contribution >= 0.6 is 11.6 Å². The summed E-state index contributed by atoms with van der Waals surface area (Å²) in [5.74, 6) is 0.996. The highest BCUT2D eigenvalue weighted by molar-refractivity contribution is 6.31. The molecule has 0 aliphatic carbocycles. The number of halogens is 1. The Balaban J connectivity index is 1.61. The van der Waals surface area contributed by atoms with E-state index in [0.717, 1.165) is 11.3 Å². The fraction of sp³-hybridized carbons (Fsp3) is 0.118. The van der Waals surface area contributed by atoms with Gasteiger partial charge in [0.05, 0.1) is 25.2 Å². The summed E-state index contributed by atoms with van der Waals surface area (Å²) < 4.78 is 5.22. The third kappa shape index (κ3) is 3.91. The Morgan fingerprint density at radius 1 is 1.25 bits per heavy atom. The second-order valence-corrected chi connectivity index (χ2v) is 5.55. The predicted molar refractivity (Wildman–Crippen MR) is 92.2 cm³/mol. The second-order valence-electron chi connectivity index (χ2n) is 5.14. The van der Waals surface area contributed by atoms with Crippen molar-refractivity contribution < 1.29 is 9.21 Å². The molecule has 2 N–H and O–H groups in total. The molecule has 0 radical (unpaired) electrons. The van der Waals surface area contributed by atoms with Gasteiger partial charge in [0.15, 0.2) is 0 Å². The zero-order valence-electron chi connectivity index (χ0n) is 12.9. The molecule has 2 aromatic heterocycles. The lowest BCUT2D eigenvalue weighted by molar-refractivity contribution is 0.102. The SMILES string of the molecule is Cc1ccc(NC(=O)c2cnc(NCc3ccco3)cn2)cc1Cl. The fourth-order valence-corrected chi connectivity index (χ4v) is 2.17. The van der Waals surface area contributed by atoms with Crippen molar-refractivity contribution in [2.24, 2.45) is 0 Å². The Labute approximate surface area is 143 Å². The summed E-state index contributed by atoms with van der Waals surface area (Å²) in [6.45, 7) is 2.39. The van der Waals surface area contributed by atoms with Crippen LogP contribution in [0.5, 0.6) is 0 Å². The molecular weight excluding hydrogens is 328 g/mol. The second kappa shape index (κ2) is 7.14. The molecule has 0 aliphatic heterocycles. The normalized spacial score (nSPS) is 10.4. The van der Waals surface area contributed by atoms with E-state index in [2.05, 4.69) is 20.6 Å². The number of benzene rings is 1. The van der Waals surface area contributed by atoms with Crippen molar-refractivity contribution in [3.05, 3.63) is 71.0 Å². The number of amides is 1. The molecule has 0 saturated heterocycles. The number of carbonyl (C=O) groups excluding carboxylic acids is 1. The molecular formula is C17H15ClN4O2. The average Bonchev–Trinajstić information content (AvgIpc) is 3.10. The minimum atomic E-state index is -0.347. The zero-order chi connectivity index (χ0) is 16.9. The summed E-state index contributed by atoms with van der Waals surface area (Å²) in [7, 11) is 0. The van der Waals surface area contributed by atoms with E-state index in [0.29, 0.717) is 23.1 Å². The number of nitrogens with zero attached hydrogens (tertiary/aromatic N) is 2. The van der Waals surface area contributed by atoms with Crippen LogP contribution in [0.1, 0.15) is 21.8 Å². The molecule has 0 spiro atoms. The summed E-state index contributed by atoms with van der Waals surface area (Å²) in [6, 6.07) is 8.99. The van der Waals surface area contributed by atoms with Gasteiger partial charge in [-0.2, -0.15) is 0 Å². The predicted octanol–water partition coefficient (Wildman–Crippen LogP) is 3.90. The van der Waals surface area contributed by atoms with Gasteiger partial charge in [0.25, 0.3) is 5.91 Å². The molecule has 1 aromatic carbocycles. The van der Waals surface area contributed by atoms with Crippen LogP contribution in [0.4, 0.5) is 11.5 Å². The van der Waals surface area contributed by atoms with Gasteiger partial charge in [0.1, 0.15) is 17.3 Å². The summed E-state index contributed by atoms with van der Waals surface area (Å²) in [6.07, 6.45) is 4.52. The van der Waals surface area contributed by atoms with Crippen molar-refractivity contribution in [3.8, 4) is 0 Å². The standard InChI is InChI=1S/C17H15ClN4O2/c1-11-4-5-12(7-14(11)18)22-17(23)15-9-21-16(10-19-15)20-8-13-3-2-6-24-13/h2-7,9-10H,8H2,1H3,(H,20,21)(H,22,23). The zero-order valence-corrected chi connectivity index (χ0v) is 13.7. The van der Waals surface area contributed by atoms with Gasteiger partial charge in [0.2, 0.25) is 0 Å². The molecule has 0 saturated carbocycles. The smallest absolute Gasteiger partial charge is 0.275 e. The van der Waals surface area contributed by atoms with Crippen LogP contribution in [0.15, 0.2) is 53.4 Å². The molecule has 122 valence electrons. The van der Waals surface area contributed by atoms with Gasteiger partial charge in [-0.15, -0.1) is 0 Å². The molecule has 3 rings (SSSR count). The van der Waals surface area contributed by atoms with E-state index >= 15 is 0 Å². The number of furan rings is 1. The number of aromatic nitrogens is 2. The maximum absolute atomic E-state index is 12.2. The van der Waals surface area contributed by atoms with Crippen molar-refractivity contribution in [2.75, 3.05) is 10.6 Å². The molecule has 0 atom stereocenters. The van der Waals surface area contributed by atoms with Gasteiger partial charge in [0, 0.05) is 10.7 Å².